The summed E-state index contributed by atoms with van der Waals surface area (Å²) in [6, 6.07) is 0. The van der Waals surface area contributed by atoms with E-state index in [-0.39, 0.29) is 3.78 Å². The zero-order chi connectivity index (χ0) is 6.41. The summed E-state index contributed by atoms with van der Waals surface area (Å²) in [4.78, 5) is 0. The van der Waals surface area contributed by atoms with Crippen molar-refractivity contribution in [3.05, 3.63) is 0 Å². The van der Waals surface area contributed by atoms with Gasteiger partial charge < -0.3 is 0 Å². The first-order valence-corrected chi connectivity index (χ1v) is 4.07. The molecule has 2 unspecified atom stereocenters. The van der Waals surface area contributed by atoms with E-state index in [2.05, 4.69) is 29.8 Å². The summed E-state index contributed by atoms with van der Waals surface area (Å²) >= 11 is 9.40. The van der Waals surface area contributed by atoms with Crippen LogP contribution in [0.1, 0.15) is 26.7 Å². The van der Waals surface area contributed by atoms with Crippen molar-refractivity contribution in [2.75, 3.05) is 0 Å². The molecule has 0 spiro atoms. The van der Waals surface area contributed by atoms with E-state index in [0.29, 0.717) is 5.41 Å². The van der Waals surface area contributed by atoms with Crippen molar-refractivity contribution in [3.63, 3.8) is 0 Å². The zero-order valence-electron chi connectivity index (χ0n) is 5.17. The normalized spacial score (nSPS) is 54.0. The van der Waals surface area contributed by atoms with E-state index < -0.39 is 0 Å². The van der Waals surface area contributed by atoms with E-state index in [9.17, 15) is 0 Å². The highest BCUT2D eigenvalue weighted by Gasteiger charge is 2.60. The molecular formula is C6H10BrCl. The van der Waals surface area contributed by atoms with E-state index in [1.54, 1.807) is 0 Å². The third-order valence-electron chi connectivity index (χ3n) is 2.15. The van der Waals surface area contributed by atoms with Gasteiger partial charge in [0.1, 0.15) is 3.78 Å². The van der Waals surface area contributed by atoms with Gasteiger partial charge >= 0.3 is 0 Å². The molecule has 0 aromatic rings. The molecule has 1 aliphatic carbocycles. The highest BCUT2D eigenvalue weighted by atomic mass is 79.9. The second kappa shape index (κ2) is 1.63. The first-order chi connectivity index (χ1) is 3.52. The predicted octanol–water partition coefficient (Wildman–Crippen LogP) is 3.14. The van der Waals surface area contributed by atoms with E-state index in [1.807, 2.05) is 0 Å². The standard InChI is InChI=1S/C6H10BrCl/c1-3-5(2)4-6(5,7)8/h3-4H2,1-2H3. The lowest BCUT2D eigenvalue weighted by Crippen LogP contribution is -2.00. The fourth-order valence-corrected chi connectivity index (χ4v) is 2.16. The fourth-order valence-electron chi connectivity index (χ4n) is 0.829. The maximum Gasteiger partial charge on any atom is 0.105 e. The van der Waals surface area contributed by atoms with Crippen molar-refractivity contribution in [1.29, 1.82) is 0 Å². The van der Waals surface area contributed by atoms with Crippen molar-refractivity contribution < 1.29 is 0 Å². The number of hydrogen-bond acceptors (Lipinski definition) is 0. The topological polar surface area (TPSA) is 0 Å². The molecule has 8 heavy (non-hydrogen) atoms. The van der Waals surface area contributed by atoms with Gasteiger partial charge in [0.15, 0.2) is 0 Å². The molecule has 0 bridgehead atoms. The molecule has 0 aromatic heterocycles. The van der Waals surface area contributed by atoms with Gasteiger partial charge in [-0.3, -0.25) is 0 Å². The second-order valence-electron chi connectivity index (χ2n) is 2.80. The lowest BCUT2D eigenvalue weighted by Gasteiger charge is -2.05. The lowest BCUT2D eigenvalue weighted by molar-refractivity contribution is 0.546. The van der Waals surface area contributed by atoms with Gasteiger partial charge in [0.2, 0.25) is 0 Å². The van der Waals surface area contributed by atoms with Gasteiger partial charge in [0, 0.05) is 0 Å². The molecule has 0 heterocycles. The Balaban J connectivity index is 2.55. The van der Waals surface area contributed by atoms with Crippen LogP contribution >= 0.6 is 27.5 Å². The summed E-state index contributed by atoms with van der Waals surface area (Å²) in [5.74, 6) is 0. The Hall–Kier alpha value is 0.770. The lowest BCUT2D eigenvalue weighted by atomic mass is 10.1. The van der Waals surface area contributed by atoms with Crippen LogP contribution in [0.5, 0.6) is 0 Å². The van der Waals surface area contributed by atoms with E-state index >= 15 is 0 Å². The molecule has 1 rings (SSSR count). The molecule has 0 aliphatic heterocycles. The Bertz CT molecular complexity index is 111. The van der Waals surface area contributed by atoms with Gasteiger partial charge in [-0.1, -0.05) is 29.8 Å². The smallest absolute Gasteiger partial charge is 0.105 e. The molecule has 0 saturated heterocycles. The van der Waals surface area contributed by atoms with Crippen LogP contribution in [-0.2, 0) is 0 Å². The van der Waals surface area contributed by atoms with E-state index in [0.717, 1.165) is 6.42 Å². The van der Waals surface area contributed by atoms with Crippen molar-refractivity contribution >= 4 is 27.5 Å². The highest BCUT2D eigenvalue weighted by molar-refractivity contribution is 9.10. The molecule has 2 heteroatoms. The average molecular weight is 198 g/mol. The maximum atomic E-state index is 5.97. The molecule has 2 atom stereocenters. The fraction of sp³-hybridized carbons (Fsp3) is 1.00. The van der Waals surface area contributed by atoms with Gasteiger partial charge in [-0.25, -0.2) is 0 Å². The predicted molar refractivity (Wildman–Crippen MR) is 40.5 cm³/mol. The number of halogens is 2. The van der Waals surface area contributed by atoms with Crippen LogP contribution < -0.4 is 0 Å². The Kier molecular flexibility index (Phi) is 1.40. The average Bonchev–Trinajstić information content (AvgIpc) is 2.10. The zero-order valence-corrected chi connectivity index (χ0v) is 7.51. The van der Waals surface area contributed by atoms with Gasteiger partial charge in [-0.05, 0) is 18.3 Å². The van der Waals surface area contributed by atoms with E-state index in [4.69, 9.17) is 11.6 Å². The van der Waals surface area contributed by atoms with Crippen LogP contribution in [0.25, 0.3) is 0 Å². The molecule has 0 amide bonds. The van der Waals surface area contributed by atoms with Crippen LogP contribution in [-0.4, -0.2) is 3.78 Å². The summed E-state index contributed by atoms with van der Waals surface area (Å²) in [6.07, 6.45) is 2.28. The third-order valence-corrected chi connectivity index (χ3v) is 3.98. The number of alkyl halides is 2. The maximum absolute atomic E-state index is 5.97. The van der Waals surface area contributed by atoms with Gasteiger partial charge in [0.05, 0.1) is 0 Å². The van der Waals surface area contributed by atoms with Crippen molar-refractivity contribution in [1.82, 2.24) is 0 Å². The minimum absolute atomic E-state index is 0.0608. The molecule has 1 aliphatic rings. The summed E-state index contributed by atoms with van der Waals surface area (Å²) in [7, 11) is 0. The first-order valence-electron chi connectivity index (χ1n) is 2.90. The van der Waals surface area contributed by atoms with E-state index in [1.165, 1.54) is 6.42 Å². The Labute approximate surface area is 63.7 Å². The van der Waals surface area contributed by atoms with Crippen molar-refractivity contribution in [2.45, 2.75) is 30.5 Å². The first kappa shape index (κ1) is 6.88. The molecule has 48 valence electrons. The quantitative estimate of drug-likeness (QED) is 0.567. The summed E-state index contributed by atoms with van der Waals surface area (Å²) in [5, 5.41) is 0. The summed E-state index contributed by atoms with van der Waals surface area (Å²) in [5.41, 5.74) is 0.370. The number of rotatable bonds is 1. The second-order valence-corrected chi connectivity index (χ2v) is 5.25. The summed E-state index contributed by atoms with van der Waals surface area (Å²) in [6.45, 7) is 4.38. The van der Waals surface area contributed by atoms with Crippen LogP contribution in [0.2, 0.25) is 0 Å². The molecular weight excluding hydrogens is 187 g/mol. The Morgan fingerprint density at radius 3 is 2.12 bits per heavy atom. The molecule has 0 radical (unpaired) electrons. The van der Waals surface area contributed by atoms with Crippen LogP contribution in [0, 0.1) is 5.41 Å². The number of hydrogen-bond donors (Lipinski definition) is 0. The van der Waals surface area contributed by atoms with Crippen LogP contribution in [0.3, 0.4) is 0 Å². The SMILES string of the molecule is CCC1(C)CC1(Cl)Br. The van der Waals surface area contributed by atoms with Gasteiger partial charge in [-0.2, -0.15) is 0 Å². The van der Waals surface area contributed by atoms with Gasteiger partial charge in [0.25, 0.3) is 0 Å². The molecule has 1 saturated carbocycles. The molecule has 0 N–H and O–H groups in total. The largest absolute Gasteiger partial charge is 0.106 e. The van der Waals surface area contributed by atoms with Gasteiger partial charge in [-0.15, -0.1) is 11.6 Å². The Morgan fingerprint density at radius 2 is 2.12 bits per heavy atom. The van der Waals surface area contributed by atoms with Crippen LogP contribution in [0.4, 0.5) is 0 Å². The minimum Gasteiger partial charge on any atom is -0.106 e. The molecule has 0 nitrogen and oxygen atoms in total. The van der Waals surface area contributed by atoms with Crippen molar-refractivity contribution in [2.24, 2.45) is 5.41 Å². The molecule has 1 fully saturated rings. The molecule has 0 aromatic carbocycles. The minimum atomic E-state index is -0.0608. The van der Waals surface area contributed by atoms with Crippen molar-refractivity contribution in [3.8, 4) is 0 Å². The monoisotopic (exact) mass is 196 g/mol. The summed E-state index contributed by atoms with van der Waals surface area (Å²) < 4.78 is -0.0608. The highest BCUT2D eigenvalue weighted by Crippen LogP contribution is 2.66. The van der Waals surface area contributed by atoms with Crippen LogP contribution in [0.15, 0.2) is 0 Å². The Morgan fingerprint density at radius 1 is 1.75 bits per heavy atom. The third kappa shape index (κ3) is 0.801.